The monoisotopic (exact) mass is 302 g/mol. The maximum atomic E-state index is 6.09. The first-order chi connectivity index (χ1) is 8.68. The molecule has 0 radical (unpaired) electrons. The van der Waals surface area contributed by atoms with Crippen LogP contribution in [0.2, 0.25) is 0 Å². The fraction of sp³-hybridized carbons (Fsp3) is 0.0769. The number of aryl methyl sites for hydroxylation is 1. The van der Waals surface area contributed by atoms with Gasteiger partial charge in [0.2, 0.25) is 0 Å². The van der Waals surface area contributed by atoms with E-state index in [-0.39, 0.29) is 0 Å². The highest BCUT2D eigenvalue weighted by molar-refractivity contribution is 9.10. The van der Waals surface area contributed by atoms with E-state index in [9.17, 15) is 0 Å². The molecule has 0 saturated heterocycles. The molecule has 0 amide bonds. The largest absolute Gasteiger partial charge is 0.397 e. The molecular formula is C13H11BrN4. The van der Waals surface area contributed by atoms with Crippen molar-refractivity contribution in [2.24, 2.45) is 7.05 Å². The highest BCUT2D eigenvalue weighted by Gasteiger charge is 2.13. The van der Waals surface area contributed by atoms with Crippen molar-refractivity contribution in [3.8, 4) is 11.4 Å². The summed E-state index contributed by atoms with van der Waals surface area (Å²) in [5.74, 6) is 0.844. The standard InChI is InChI=1S/C13H11BrN4/c1-18-11-7-16-6-5-10(11)17-13(18)8-3-2-4-9(14)12(8)15/h2-7H,15H2,1H3. The van der Waals surface area contributed by atoms with Crippen molar-refractivity contribution in [1.82, 2.24) is 14.5 Å². The molecule has 1 aromatic carbocycles. The Hall–Kier alpha value is -1.88. The summed E-state index contributed by atoms with van der Waals surface area (Å²) in [6, 6.07) is 7.73. The molecule has 0 unspecified atom stereocenters. The van der Waals surface area contributed by atoms with Crippen LogP contribution in [-0.2, 0) is 7.05 Å². The minimum atomic E-state index is 0.698. The zero-order chi connectivity index (χ0) is 12.7. The lowest BCUT2D eigenvalue weighted by molar-refractivity contribution is 0.957. The summed E-state index contributed by atoms with van der Waals surface area (Å²) in [6.45, 7) is 0. The molecule has 2 aromatic heterocycles. The van der Waals surface area contributed by atoms with Crippen LogP contribution < -0.4 is 5.73 Å². The number of halogens is 1. The number of hydrogen-bond donors (Lipinski definition) is 1. The lowest BCUT2D eigenvalue weighted by Gasteiger charge is -2.07. The van der Waals surface area contributed by atoms with Gasteiger partial charge in [0.25, 0.3) is 0 Å². The number of nitrogen functional groups attached to an aromatic ring is 1. The number of benzene rings is 1. The number of aromatic nitrogens is 3. The van der Waals surface area contributed by atoms with Gasteiger partial charge in [0.1, 0.15) is 5.82 Å². The predicted octanol–water partition coefficient (Wildman–Crippen LogP) is 2.98. The quantitative estimate of drug-likeness (QED) is 0.703. The third-order valence-electron chi connectivity index (χ3n) is 2.98. The van der Waals surface area contributed by atoms with Gasteiger partial charge in [-0.1, -0.05) is 6.07 Å². The molecule has 3 aromatic rings. The number of fused-ring (bicyclic) bond motifs is 1. The van der Waals surface area contributed by atoms with Crippen LogP contribution in [0.3, 0.4) is 0 Å². The van der Waals surface area contributed by atoms with Gasteiger partial charge in [0.15, 0.2) is 0 Å². The van der Waals surface area contributed by atoms with E-state index in [4.69, 9.17) is 5.73 Å². The first-order valence-corrected chi connectivity index (χ1v) is 6.28. The molecule has 3 rings (SSSR count). The average molecular weight is 303 g/mol. The van der Waals surface area contributed by atoms with Crippen LogP contribution in [-0.4, -0.2) is 14.5 Å². The Morgan fingerprint density at radius 1 is 1.28 bits per heavy atom. The maximum Gasteiger partial charge on any atom is 0.143 e. The number of nitrogens with zero attached hydrogens (tertiary/aromatic N) is 3. The van der Waals surface area contributed by atoms with Crippen LogP contribution in [0.15, 0.2) is 41.1 Å². The van der Waals surface area contributed by atoms with Crippen molar-refractivity contribution in [1.29, 1.82) is 0 Å². The number of rotatable bonds is 1. The Labute approximate surface area is 113 Å². The van der Waals surface area contributed by atoms with E-state index in [1.165, 1.54) is 0 Å². The number of nitrogens with two attached hydrogens (primary N) is 1. The summed E-state index contributed by atoms with van der Waals surface area (Å²) < 4.78 is 2.88. The van der Waals surface area contributed by atoms with Crippen molar-refractivity contribution in [2.45, 2.75) is 0 Å². The van der Waals surface area contributed by atoms with Crippen LogP contribution in [0.25, 0.3) is 22.4 Å². The second-order valence-electron chi connectivity index (χ2n) is 4.06. The third kappa shape index (κ3) is 1.59. The fourth-order valence-corrected chi connectivity index (χ4v) is 2.37. The Kier molecular flexibility index (Phi) is 2.56. The van der Waals surface area contributed by atoms with Gasteiger partial charge >= 0.3 is 0 Å². The van der Waals surface area contributed by atoms with Gasteiger partial charge in [-0.2, -0.15) is 0 Å². The first-order valence-electron chi connectivity index (χ1n) is 5.49. The van der Waals surface area contributed by atoms with Crippen LogP contribution in [0.4, 0.5) is 5.69 Å². The van der Waals surface area contributed by atoms with E-state index in [1.807, 2.05) is 35.9 Å². The van der Waals surface area contributed by atoms with E-state index in [1.54, 1.807) is 12.4 Å². The fourth-order valence-electron chi connectivity index (χ4n) is 2.01. The van der Waals surface area contributed by atoms with Crippen molar-refractivity contribution in [2.75, 3.05) is 5.73 Å². The second-order valence-corrected chi connectivity index (χ2v) is 4.91. The van der Waals surface area contributed by atoms with Gasteiger partial charge in [-0.05, 0) is 34.1 Å². The second kappa shape index (κ2) is 4.10. The molecule has 4 nitrogen and oxygen atoms in total. The van der Waals surface area contributed by atoms with Crippen molar-refractivity contribution in [3.63, 3.8) is 0 Å². The smallest absolute Gasteiger partial charge is 0.143 e. The molecule has 90 valence electrons. The molecule has 0 fully saturated rings. The normalized spacial score (nSPS) is 11.0. The maximum absolute atomic E-state index is 6.09. The zero-order valence-electron chi connectivity index (χ0n) is 9.76. The van der Waals surface area contributed by atoms with E-state index < -0.39 is 0 Å². The Bertz CT molecular complexity index is 733. The predicted molar refractivity (Wildman–Crippen MR) is 76.1 cm³/mol. The minimum Gasteiger partial charge on any atom is -0.397 e. The van der Waals surface area contributed by atoms with Crippen molar-refractivity contribution in [3.05, 3.63) is 41.1 Å². The number of hydrogen-bond acceptors (Lipinski definition) is 3. The first kappa shape index (κ1) is 11.2. The summed E-state index contributed by atoms with van der Waals surface area (Å²) in [5.41, 5.74) is 9.62. The highest BCUT2D eigenvalue weighted by atomic mass is 79.9. The van der Waals surface area contributed by atoms with Gasteiger partial charge in [0, 0.05) is 23.3 Å². The lowest BCUT2D eigenvalue weighted by atomic mass is 10.1. The van der Waals surface area contributed by atoms with Crippen LogP contribution in [0.5, 0.6) is 0 Å². The summed E-state index contributed by atoms with van der Waals surface area (Å²) in [7, 11) is 1.96. The minimum absolute atomic E-state index is 0.698. The third-order valence-corrected chi connectivity index (χ3v) is 3.67. The van der Waals surface area contributed by atoms with Crippen molar-refractivity contribution < 1.29 is 0 Å². The molecule has 0 aliphatic heterocycles. The molecule has 0 bridgehead atoms. The Balaban J connectivity index is 2.32. The molecule has 0 atom stereocenters. The van der Waals surface area contributed by atoms with E-state index in [0.29, 0.717) is 5.69 Å². The van der Waals surface area contributed by atoms with Crippen LogP contribution in [0, 0.1) is 0 Å². The summed E-state index contributed by atoms with van der Waals surface area (Å²) in [6.07, 6.45) is 3.55. The molecule has 0 saturated carbocycles. The number of anilines is 1. The van der Waals surface area contributed by atoms with Crippen molar-refractivity contribution >= 4 is 32.7 Å². The van der Waals surface area contributed by atoms with E-state index >= 15 is 0 Å². The molecule has 0 aliphatic rings. The molecule has 0 aliphatic carbocycles. The summed E-state index contributed by atoms with van der Waals surface area (Å²) >= 11 is 3.44. The van der Waals surface area contributed by atoms with E-state index in [0.717, 1.165) is 26.9 Å². The molecule has 2 N–H and O–H groups in total. The van der Waals surface area contributed by atoms with Gasteiger partial charge in [0.05, 0.1) is 22.9 Å². The van der Waals surface area contributed by atoms with Gasteiger partial charge in [-0.25, -0.2) is 4.98 Å². The molecular weight excluding hydrogens is 292 g/mol. The summed E-state index contributed by atoms with van der Waals surface area (Å²) in [5, 5.41) is 0. The molecule has 2 heterocycles. The Morgan fingerprint density at radius 2 is 2.11 bits per heavy atom. The van der Waals surface area contributed by atoms with Gasteiger partial charge < -0.3 is 10.3 Å². The van der Waals surface area contributed by atoms with E-state index in [2.05, 4.69) is 25.9 Å². The summed E-state index contributed by atoms with van der Waals surface area (Å²) in [4.78, 5) is 8.73. The van der Waals surface area contributed by atoms with Gasteiger partial charge in [-0.15, -0.1) is 0 Å². The van der Waals surface area contributed by atoms with Gasteiger partial charge in [-0.3, -0.25) is 4.98 Å². The molecule has 0 spiro atoms. The Morgan fingerprint density at radius 3 is 2.89 bits per heavy atom. The SMILES string of the molecule is Cn1c(-c2cccc(Br)c2N)nc2ccncc21. The van der Waals surface area contributed by atoms with Crippen LogP contribution >= 0.6 is 15.9 Å². The average Bonchev–Trinajstić information content (AvgIpc) is 2.71. The van der Waals surface area contributed by atoms with Crippen LogP contribution in [0.1, 0.15) is 0 Å². The lowest BCUT2D eigenvalue weighted by Crippen LogP contribution is -1.97. The topological polar surface area (TPSA) is 56.7 Å². The number of pyridine rings is 1. The highest BCUT2D eigenvalue weighted by Crippen LogP contribution is 2.32. The number of para-hydroxylation sites is 1. The molecule has 5 heteroatoms. The molecule has 18 heavy (non-hydrogen) atoms. The number of imidazole rings is 1. The zero-order valence-corrected chi connectivity index (χ0v) is 11.3.